The van der Waals surface area contributed by atoms with Crippen LogP contribution in [0.1, 0.15) is 49.3 Å². The SMILES string of the molecule is Cl.N[C@@H](c1cc(C(F)(F)F)ccc1F)[C@H](O)C1CCCCC1. The van der Waals surface area contributed by atoms with Crippen molar-refractivity contribution in [1.82, 2.24) is 0 Å². The summed E-state index contributed by atoms with van der Waals surface area (Å²) >= 11 is 0. The average molecular weight is 342 g/mol. The Morgan fingerprint density at radius 1 is 1.14 bits per heavy atom. The Hall–Kier alpha value is -0.850. The monoisotopic (exact) mass is 341 g/mol. The van der Waals surface area contributed by atoms with Gasteiger partial charge < -0.3 is 10.8 Å². The first-order chi connectivity index (χ1) is 9.80. The maximum absolute atomic E-state index is 13.8. The van der Waals surface area contributed by atoms with Crippen LogP contribution >= 0.6 is 12.4 Å². The van der Waals surface area contributed by atoms with Gasteiger partial charge in [0, 0.05) is 5.56 Å². The molecule has 1 saturated carbocycles. The van der Waals surface area contributed by atoms with E-state index in [2.05, 4.69) is 0 Å². The normalized spacial score (nSPS) is 19.4. The highest BCUT2D eigenvalue weighted by molar-refractivity contribution is 5.85. The van der Waals surface area contributed by atoms with Crippen molar-refractivity contribution in [3.63, 3.8) is 0 Å². The van der Waals surface area contributed by atoms with Crippen LogP contribution in [-0.2, 0) is 6.18 Å². The minimum Gasteiger partial charge on any atom is -0.391 e. The zero-order valence-corrected chi connectivity index (χ0v) is 12.8. The Balaban J connectivity index is 0.00000242. The zero-order chi connectivity index (χ0) is 15.6. The lowest BCUT2D eigenvalue weighted by Gasteiger charge is -2.31. The van der Waals surface area contributed by atoms with Crippen molar-refractivity contribution in [2.24, 2.45) is 11.7 Å². The summed E-state index contributed by atoms with van der Waals surface area (Å²) in [5.41, 5.74) is 4.60. The third-order valence-electron chi connectivity index (χ3n) is 4.18. The van der Waals surface area contributed by atoms with E-state index in [0.717, 1.165) is 38.2 Å². The Kier molecular flexibility index (Phi) is 6.65. The van der Waals surface area contributed by atoms with Crippen LogP contribution in [0.15, 0.2) is 18.2 Å². The Bertz CT molecular complexity index is 489. The molecule has 126 valence electrons. The van der Waals surface area contributed by atoms with E-state index in [1.165, 1.54) is 0 Å². The molecule has 0 spiro atoms. The summed E-state index contributed by atoms with van der Waals surface area (Å²) in [7, 11) is 0. The predicted molar refractivity (Wildman–Crippen MR) is 78.2 cm³/mol. The van der Waals surface area contributed by atoms with E-state index in [1.54, 1.807) is 0 Å². The summed E-state index contributed by atoms with van der Waals surface area (Å²) in [6.07, 6.45) is -1.04. The fourth-order valence-corrected chi connectivity index (χ4v) is 2.93. The average Bonchev–Trinajstić information content (AvgIpc) is 2.46. The fourth-order valence-electron chi connectivity index (χ4n) is 2.93. The lowest BCUT2D eigenvalue weighted by molar-refractivity contribution is -0.137. The summed E-state index contributed by atoms with van der Waals surface area (Å²) in [5, 5.41) is 10.2. The predicted octanol–water partition coefficient (Wildman–Crippen LogP) is 4.21. The van der Waals surface area contributed by atoms with Crippen LogP contribution < -0.4 is 5.73 Å². The van der Waals surface area contributed by atoms with Gasteiger partial charge in [0.05, 0.1) is 17.7 Å². The van der Waals surface area contributed by atoms with E-state index >= 15 is 0 Å². The van der Waals surface area contributed by atoms with Crippen molar-refractivity contribution in [2.75, 3.05) is 0 Å². The van der Waals surface area contributed by atoms with Crippen LogP contribution in [0.5, 0.6) is 0 Å². The molecule has 2 atom stereocenters. The van der Waals surface area contributed by atoms with Gasteiger partial charge in [0.2, 0.25) is 0 Å². The number of rotatable bonds is 3. The number of hydrogen-bond donors (Lipinski definition) is 2. The van der Waals surface area contributed by atoms with E-state index in [9.17, 15) is 22.7 Å². The molecule has 1 aromatic rings. The maximum atomic E-state index is 13.8. The van der Waals surface area contributed by atoms with Gasteiger partial charge in [-0.2, -0.15) is 13.2 Å². The van der Waals surface area contributed by atoms with Gasteiger partial charge in [0.1, 0.15) is 5.82 Å². The van der Waals surface area contributed by atoms with Crippen LogP contribution in [-0.4, -0.2) is 11.2 Å². The van der Waals surface area contributed by atoms with E-state index in [1.807, 2.05) is 0 Å². The number of aliphatic hydroxyl groups excluding tert-OH is 1. The molecular weight excluding hydrogens is 322 g/mol. The van der Waals surface area contributed by atoms with Gasteiger partial charge in [-0.15, -0.1) is 12.4 Å². The van der Waals surface area contributed by atoms with Crippen molar-refractivity contribution in [2.45, 2.75) is 50.4 Å². The first kappa shape index (κ1) is 19.2. The van der Waals surface area contributed by atoms with E-state index in [-0.39, 0.29) is 23.9 Å². The first-order valence-electron chi connectivity index (χ1n) is 7.11. The second kappa shape index (κ2) is 7.62. The minimum atomic E-state index is -4.56. The van der Waals surface area contributed by atoms with Crippen LogP contribution in [0.25, 0.3) is 0 Å². The number of benzene rings is 1. The molecule has 0 radical (unpaired) electrons. The molecule has 1 aliphatic carbocycles. The van der Waals surface area contributed by atoms with Crippen molar-refractivity contribution in [1.29, 1.82) is 0 Å². The van der Waals surface area contributed by atoms with Crippen LogP contribution in [0.2, 0.25) is 0 Å². The smallest absolute Gasteiger partial charge is 0.391 e. The number of hydrogen-bond acceptors (Lipinski definition) is 2. The highest BCUT2D eigenvalue weighted by Crippen LogP contribution is 2.35. The molecule has 22 heavy (non-hydrogen) atoms. The Morgan fingerprint density at radius 3 is 2.27 bits per heavy atom. The lowest BCUT2D eigenvalue weighted by Crippen LogP contribution is -2.35. The molecule has 2 rings (SSSR count). The Morgan fingerprint density at radius 2 is 1.73 bits per heavy atom. The quantitative estimate of drug-likeness (QED) is 0.809. The van der Waals surface area contributed by atoms with Crippen LogP contribution in [0.3, 0.4) is 0 Å². The zero-order valence-electron chi connectivity index (χ0n) is 11.9. The molecule has 1 fully saturated rings. The van der Waals surface area contributed by atoms with Crippen LogP contribution in [0.4, 0.5) is 17.6 Å². The lowest BCUT2D eigenvalue weighted by atomic mass is 9.81. The molecule has 1 aliphatic rings. The minimum absolute atomic E-state index is 0. The molecule has 0 aliphatic heterocycles. The molecule has 0 heterocycles. The molecule has 7 heteroatoms. The molecule has 1 aromatic carbocycles. The van der Waals surface area contributed by atoms with Gasteiger partial charge in [0.15, 0.2) is 0 Å². The molecule has 0 aromatic heterocycles. The summed E-state index contributed by atoms with van der Waals surface area (Å²) in [4.78, 5) is 0. The van der Waals surface area contributed by atoms with Crippen molar-refractivity contribution >= 4 is 12.4 Å². The van der Waals surface area contributed by atoms with Crippen molar-refractivity contribution in [3.05, 3.63) is 35.1 Å². The largest absolute Gasteiger partial charge is 0.416 e. The van der Waals surface area contributed by atoms with Gasteiger partial charge in [-0.3, -0.25) is 0 Å². The third-order valence-corrected chi connectivity index (χ3v) is 4.18. The molecule has 0 amide bonds. The van der Waals surface area contributed by atoms with Gasteiger partial charge in [0.25, 0.3) is 0 Å². The number of alkyl halides is 3. The van der Waals surface area contributed by atoms with Crippen molar-refractivity contribution < 1.29 is 22.7 Å². The summed E-state index contributed by atoms with van der Waals surface area (Å²) in [5.74, 6) is -0.895. The second-order valence-electron chi connectivity index (χ2n) is 5.65. The molecule has 0 saturated heterocycles. The first-order valence-corrected chi connectivity index (χ1v) is 7.11. The maximum Gasteiger partial charge on any atom is 0.416 e. The molecule has 2 nitrogen and oxygen atoms in total. The van der Waals surface area contributed by atoms with Gasteiger partial charge >= 0.3 is 6.18 Å². The number of aliphatic hydroxyl groups is 1. The number of halogens is 5. The van der Waals surface area contributed by atoms with E-state index in [4.69, 9.17) is 5.73 Å². The van der Waals surface area contributed by atoms with Gasteiger partial charge in [-0.25, -0.2) is 4.39 Å². The van der Waals surface area contributed by atoms with Crippen LogP contribution in [0, 0.1) is 11.7 Å². The summed E-state index contributed by atoms with van der Waals surface area (Å²) in [6, 6.07) is 0.992. The molecular formula is C15H20ClF4NO. The van der Waals surface area contributed by atoms with E-state index in [0.29, 0.717) is 12.1 Å². The highest BCUT2D eigenvalue weighted by atomic mass is 35.5. The second-order valence-corrected chi connectivity index (χ2v) is 5.65. The summed E-state index contributed by atoms with van der Waals surface area (Å²) in [6.45, 7) is 0. The van der Waals surface area contributed by atoms with Crippen molar-refractivity contribution in [3.8, 4) is 0 Å². The Labute approximate surface area is 133 Å². The molecule has 0 unspecified atom stereocenters. The molecule has 3 N–H and O–H groups in total. The summed E-state index contributed by atoms with van der Waals surface area (Å²) < 4.78 is 51.9. The molecule has 0 bridgehead atoms. The fraction of sp³-hybridized carbons (Fsp3) is 0.600. The topological polar surface area (TPSA) is 46.2 Å². The van der Waals surface area contributed by atoms with Gasteiger partial charge in [-0.05, 0) is 37.0 Å². The highest BCUT2D eigenvalue weighted by Gasteiger charge is 2.34. The third kappa shape index (κ3) is 4.33. The standard InChI is InChI=1S/C15H19F4NO.ClH/c16-12-7-6-10(15(17,18)19)8-11(12)13(20)14(21)9-4-2-1-3-5-9;/h6-9,13-14,21H,1-5,20H2;1H/t13-,14+;/m0./s1. The van der Waals surface area contributed by atoms with E-state index < -0.39 is 29.7 Å². The number of nitrogens with two attached hydrogens (primary N) is 1. The van der Waals surface area contributed by atoms with Gasteiger partial charge in [-0.1, -0.05) is 19.3 Å².